The monoisotopic (exact) mass is 416 g/mol. The van der Waals surface area contributed by atoms with Crippen molar-refractivity contribution >= 4 is 35.1 Å². The Morgan fingerprint density at radius 2 is 1.46 bits per heavy atom. The lowest BCUT2D eigenvalue weighted by Crippen LogP contribution is -2.43. The first kappa shape index (κ1) is 21.1. The fourth-order valence-corrected chi connectivity index (χ4v) is 5.80. The van der Waals surface area contributed by atoms with E-state index in [1.807, 2.05) is 50.2 Å². The Bertz CT molecular complexity index is 903. The summed E-state index contributed by atoms with van der Waals surface area (Å²) in [5, 5.41) is 18.7. The van der Waals surface area contributed by atoms with Crippen LogP contribution in [-0.4, -0.2) is 46.5 Å². The standard InChI is InChI=1S/C12H14O3S.C10H10OS/c1-8-3-2-4-9-10(8)11(15)12(5-13,6-14)7-16-9;1-7-3-2-4-9-10(7)8(11)5-6-12-9/h2-4,13-14H,5-7H2,1H3;2-4H,5-6H2,1H3. The van der Waals surface area contributed by atoms with Crippen LogP contribution in [0.5, 0.6) is 0 Å². The summed E-state index contributed by atoms with van der Waals surface area (Å²) in [7, 11) is 0. The largest absolute Gasteiger partial charge is 0.395 e. The van der Waals surface area contributed by atoms with Gasteiger partial charge in [0.1, 0.15) is 0 Å². The first-order valence-electron chi connectivity index (χ1n) is 9.18. The first-order valence-corrected chi connectivity index (χ1v) is 11.1. The highest BCUT2D eigenvalue weighted by molar-refractivity contribution is 7.99. The fourth-order valence-electron chi connectivity index (χ4n) is 3.38. The van der Waals surface area contributed by atoms with Crippen LogP contribution < -0.4 is 0 Å². The smallest absolute Gasteiger partial charge is 0.175 e. The van der Waals surface area contributed by atoms with Crippen LogP contribution in [-0.2, 0) is 0 Å². The number of aryl methyl sites for hydroxylation is 2. The molecule has 6 heteroatoms. The lowest BCUT2D eigenvalue weighted by Gasteiger charge is -2.33. The van der Waals surface area contributed by atoms with Gasteiger partial charge in [0.05, 0.1) is 18.6 Å². The van der Waals surface area contributed by atoms with Crippen LogP contribution in [0.15, 0.2) is 46.2 Å². The second kappa shape index (κ2) is 8.82. The predicted molar refractivity (Wildman–Crippen MR) is 114 cm³/mol. The number of carbonyl (C=O) groups excluding carboxylic acids is 2. The van der Waals surface area contributed by atoms with Gasteiger partial charge in [-0.3, -0.25) is 9.59 Å². The number of thioether (sulfide) groups is 2. The van der Waals surface area contributed by atoms with Crippen molar-refractivity contribution in [3.05, 3.63) is 58.7 Å². The highest BCUT2D eigenvalue weighted by Gasteiger charge is 2.42. The molecule has 2 aliphatic heterocycles. The normalized spacial score (nSPS) is 17.3. The molecule has 0 spiro atoms. The maximum Gasteiger partial charge on any atom is 0.175 e. The number of aliphatic hydroxyl groups is 2. The lowest BCUT2D eigenvalue weighted by molar-refractivity contribution is 0.0489. The van der Waals surface area contributed by atoms with E-state index in [1.165, 1.54) is 11.8 Å². The SMILES string of the molecule is Cc1cccc2c1C(=O)C(CO)(CO)CS2.Cc1cccc2c1C(=O)CCS2. The average Bonchev–Trinajstić information content (AvgIpc) is 2.70. The van der Waals surface area contributed by atoms with E-state index < -0.39 is 5.41 Å². The van der Waals surface area contributed by atoms with E-state index in [9.17, 15) is 19.8 Å². The zero-order chi connectivity index (χ0) is 20.3. The summed E-state index contributed by atoms with van der Waals surface area (Å²) in [4.78, 5) is 25.9. The molecule has 0 aromatic heterocycles. The van der Waals surface area contributed by atoms with Gasteiger partial charge in [0, 0.05) is 38.8 Å². The molecule has 0 aliphatic carbocycles. The molecule has 4 nitrogen and oxygen atoms in total. The minimum absolute atomic E-state index is 0.135. The van der Waals surface area contributed by atoms with Crippen molar-refractivity contribution < 1.29 is 19.8 Å². The fraction of sp³-hybridized carbons (Fsp3) is 0.364. The molecule has 0 radical (unpaired) electrons. The average molecular weight is 417 g/mol. The van der Waals surface area contributed by atoms with Crippen LogP contribution >= 0.6 is 23.5 Å². The predicted octanol–water partition coefficient (Wildman–Crippen LogP) is 3.93. The van der Waals surface area contributed by atoms with Gasteiger partial charge in [0.15, 0.2) is 11.6 Å². The van der Waals surface area contributed by atoms with Gasteiger partial charge >= 0.3 is 0 Å². The number of fused-ring (bicyclic) bond motifs is 2. The Morgan fingerprint density at radius 1 is 0.893 bits per heavy atom. The van der Waals surface area contributed by atoms with Crippen molar-refractivity contribution in [1.82, 2.24) is 0 Å². The van der Waals surface area contributed by atoms with Crippen molar-refractivity contribution in [2.45, 2.75) is 30.1 Å². The summed E-state index contributed by atoms with van der Waals surface area (Å²) in [6, 6.07) is 11.7. The topological polar surface area (TPSA) is 74.6 Å². The van der Waals surface area contributed by atoms with Gasteiger partial charge in [-0.15, -0.1) is 23.5 Å². The van der Waals surface area contributed by atoms with Crippen LogP contribution in [0.4, 0.5) is 0 Å². The van der Waals surface area contributed by atoms with E-state index in [-0.39, 0.29) is 19.0 Å². The number of Topliss-reactive ketones (excluding diaryl/α,β-unsaturated/α-hetero) is 2. The van der Waals surface area contributed by atoms with Crippen molar-refractivity contribution in [2.24, 2.45) is 5.41 Å². The molecular weight excluding hydrogens is 392 g/mol. The Labute approximate surface area is 173 Å². The van der Waals surface area contributed by atoms with E-state index in [2.05, 4.69) is 0 Å². The van der Waals surface area contributed by atoms with Gasteiger partial charge in [0.25, 0.3) is 0 Å². The molecule has 2 aromatic carbocycles. The van der Waals surface area contributed by atoms with Crippen LogP contribution in [0.1, 0.15) is 38.3 Å². The minimum Gasteiger partial charge on any atom is -0.395 e. The summed E-state index contributed by atoms with van der Waals surface area (Å²) in [6.07, 6.45) is 0.697. The molecule has 2 heterocycles. The zero-order valence-electron chi connectivity index (χ0n) is 16.0. The van der Waals surface area contributed by atoms with E-state index in [1.54, 1.807) is 11.8 Å². The quantitative estimate of drug-likeness (QED) is 0.773. The summed E-state index contributed by atoms with van der Waals surface area (Å²) in [5.74, 6) is 1.55. The molecule has 0 bridgehead atoms. The number of hydrogen-bond acceptors (Lipinski definition) is 6. The van der Waals surface area contributed by atoms with Crippen molar-refractivity contribution in [3.8, 4) is 0 Å². The van der Waals surface area contributed by atoms with Gasteiger partial charge in [-0.1, -0.05) is 24.3 Å². The number of hydrogen-bond donors (Lipinski definition) is 2. The second-order valence-electron chi connectivity index (χ2n) is 7.13. The zero-order valence-corrected chi connectivity index (χ0v) is 17.7. The van der Waals surface area contributed by atoms with E-state index in [0.717, 1.165) is 32.2 Å². The van der Waals surface area contributed by atoms with Crippen molar-refractivity contribution in [1.29, 1.82) is 0 Å². The minimum atomic E-state index is -1.01. The molecule has 0 fully saturated rings. The van der Waals surface area contributed by atoms with E-state index in [4.69, 9.17) is 0 Å². The molecule has 0 unspecified atom stereocenters. The third-order valence-corrected chi connectivity index (χ3v) is 7.56. The van der Waals surface area contributed by atoms with Crippen LogP contribution in [0.2, 0.25) is 0 Å². The third-order valence-electron chi connectivity index (χ3n) is 5.15. The Morgan fingerprint density at radius 3 is 2.04 bits per heavy atom. The molecule has 4 rings (SSSR count). The van der Waals surface area contributed by atoms with Gasteiger partial charge in [-0.2, -0.15) is 0 Å². The highest BCUT2D eigenvalue weighted by Crippen LogP contribution is 2.40. The maximum absolute atomic E-state index is 12.3. The molecule has 148 valence electrons. The molecule has 0 amide bonds. The Hall–Kier alpha value is -1.60. The molecule has 0 saturated carbocycles. The Balaban J connectivity index is 0.000000167. The van der Waals surface area contributed by atoms with Gasteiger partial charge in [-0.05, 0) is 37.1 Å². The van der Waals surface area contributed by atoms with Crippen LogP contribution in [0, 0.1) is 19.3 Å². The molecule has 28 heavy (non-hydrogen) atoms. The summed E-state index contributed by atoms with van der Waals surface area (Å²) in [5.41, 5.74) is 2.62. The van der Waals surface area contributed by atoms with Crippen molar-refractivity contribution in [2.75, 3.05) is 24.7 Å². The summed E-state index contributed by atoms with van der Waals surface area (Å²) in [6.45, 7) is 3.27. The highest BCUT2D eigenvalue weighted by atomic mass is 32.2. The maximum atomic E-state index is 12.3. The number of rotatable bonds is 2. The number of benzene rings is 2. The van der Waals surface area contributed by atoms with Gasteiger partial charge < -0.3 is 10.2 Å². The van der Waals surface area contributed by atoms with E-state index >= 15 is 0 Å². The van der Waals surface area contributed by atoms with Crippen molar-refractivity contribution in [3.63, 3.8) is 0 Å². The lowest BCUT2D eigenvalue weighted by atomic mass is 9.81. The third kappa shape index (κ3) is 3.92. The second-order valence-corrected chi connectivity index (χ2v) is 9.29. The molecule has 2 aromatic rings. The number of aliphatic hydroxyl groups excluding tert-OH is 2. The number of carbonyl (C=O) groups is 2. The van der Waals surface area contributed by atoms with Crippen LogP contribution in [0.3, 0.4) is 0 Å². The van der Waals surface area contributed by atoms with Crippen LogP contribution in [0.25, 0.3) is 0 Å². The first-order chi connectivity index (χ1) is 13.4. The Kier molecular flexibility index (Phi) is 6.65. The summed E-state index contributed by atoms with van der Waals surface area (Å²) >= 11 is 3.31. The van der Waals surface area contributed by atoms with E-state index in [0.29, 0.717) is 23.5 Å². The number of ketones is 2. The molecule has 0 saturated heterocycles. The van der Waals surface area contributed by atoms with Gasteiger partial charge in [-0.25, -0.2) is 0 Å². The molecular formula is C22H24O4S2. The van der Waals surface area contributed by atoms with Gasteiger partial charge in [0.2, 0.25) is 0 Å². The molecule has 0 atom stereocenters. The molecule has 2 N–H and O–H groups in total. The summed E-state index contributed by atoms with van der Waals surface area (Å²) < 4.78 is 0. The molecule has 2 aliphatic rings.